The summed E-state index contributed by atoms with van der Waals surface area (Å²) >= 11 is 0. The standard InChI is InChI=1S/C21H25N7O3S/c1-27(2)13-15-9-10-23-11-17(15)26-21(29)19-20(22)24-12-18(25-19)14-5-7-16(8-6-14)32(30,31)28(3)4/h5-12H,13H2,1-4H3,(H2,22,24)(H,26,29). The van der Waals surface area contributed by atoms with Gasteiger partial charge in [0.2, 0.25) is 10.0 Å². The zero-order valence-electron chi connectivity index (χ0n) is 18.3. The number of nitrogens with one attached hydrogen (secondary N) is 1. The minimum Gasteiger partial charge on any atom is -0.382 e. The molecule has 11 heteroatoms. The number of hydrogen-bond acceptors (Lipinski definition) is 8. The largest absolute Gasteiger partial charge is 0.382 e. The second kappa shape index (κ2) is 9.39. The zero-order chi connectivity index (χ0) is 23.5. The summed E-state index contributed by atoms with van der Waals surface area (Å²) in [6.07, 6.45) is 4.65. The Kier molecular flexibility index (Phi) is 6.82. The predicted octanol–water partition coefficient (Wildman–Crippen LogP) is 1.68. The van der Waals surface area contributed by atoms with Gasteiger partial charge in [-0.15, -0.1) is 0 Å². The number of rotatable bonds is 7. The van der Waals surface area contributed by atoms with Gasteiger partial charge in [0.15, 0.2) is 11.5 Å². The molecule has 3 N–H and O–H groups in total. The molecule has 3 rings (SSSR count). The van der Waals surface area contributed by atoms with E-state index >= 15 is 0 Å². The van der Waals surface area contributed by atoms with E-state index in [1.54, 1.807) is 24.5 Å². The number of anilines is 2. The van der Waals surface area contributed by atoms with Gasteiger partial charge in [-0.3, -0.25) is 9.78 Å². The maximum atomic E-state index is 12.9. The van der Waals surface area contributed by atoms with Crippen LogP contribution >= 0.6 is 0 Å². The Morgan fingerprint density at radius 2 is 1.75 bits per heavy atom. The molecule has 0 bridgehead atoms. The molecule has 0 aliphatic rings. The lowest BCUT2D eigenvalue weighted by Gasteiger charge is -2.15. The van der Waals surface area contributed by atoms with Gasteiger partial charge >= 0.3 is 0 Å². The molecule has 2 heterocycles. The summed E-state index contributed by atoms with van der Waals surface area (Å²) in [5, 5.41) is 2.80. The topological polar surface area (TPSA) is 134 Å². The lowest BCUT2D eigenvalue weighted by atomic mass is 10.1. The van der Waals surface area contributed by atoms with Crippen molar-refractivity contribution in [2.45, 2.75) is 11.4 Å². The van der Waals surface area contributed by atoms with E-state index in [9.17, 15) is 13.2 Å². The first-order chi connectivity index (χ1) is 15.1. The highest BCUT2D eigenvalue weighted by molar-refractivity contribution is 7.89. The number of nitrogens with zero attached hydrogens (tertiary/aromatic N) is 5. The van der Waals surface area contributed by atoms with Crippen LogP contribution in [-0.4, -0.2) is 66.7 Å². The van der Waals surface area contributed by atoms with Gasteiger partial charge in [0.1, 0.15) is 0 Å². The van der Waals surface area contributed by atoms with Gasteiger partial charge in [0.25, 0.3) is 5.91 Å². The number of carbonyl (C=O) groups excluding carboxylic acids is 1. The summed E-state index contributed by atoms with van der Waals surface area (Å²) in [6.45, 7) is 0.613. The van der Waals surface area contributed by atoms with E-state index in [1.165, 1.54) is 32.4 Å². The van der Waals surface area contributed by atoms with Crippen LogP contribution in [0.5, 0.6) is 0 Å². The van der Waals surface area contributed by atoms with Crippen LogP contribution in [0.3, 0.4) is 0 Å². The minimum absolute atomic E-state index is 0.0175. The Bertz CT molecular complexity index is 1230. The average molecular weight is 456 g/mol. The van der Waals surface area contributed by atoms with Crippen molar-refractivity contribution in [2.24, 2.45) is 0 Å². The van der Waals surface area contributed by atoms with Crippen LogP contribution in [0.4, 0.5) is 11.5 Å². The van der Waals surface area contributed by atoms with Crippen molar-refractivity contribution in [1.82, 2.24) is 24.2 Å². The van der Waals surface area contributed by atoms with Crippen molar-refractivity contribution < 1.29 is 13.2 Å². The lowest BCUT2D eigenvalue weighted by molar-refractivity contribution is 0.102. The SMILES string of the molecule is CN(C)Cc1ccncc1NC(=O)c1nc(-c2ccc(S(=O)(=O)N(C)C)cc2)cnc1N. The summed E-state index contributed by atoms with van der Waals surface area (Å²) < 4.78 is 25.6. The van der Waals surface area contributed by atoms with Crippen LogP contribution in [0.2, 0.25) is 0 Å². The maximum absolute atomic E-state index is 12.9. The van der Waals surface area contributed by atoms with Gasteiger partial charge in [-0.2, -0.15) is 0 Å². The quantitative estimate of drug-likeness (QED) is 0.550. The summed E-state index contributed by atoms with van der Waals surface area (Å²) in [6, 6.07) is 7.99. The fraction of sp³-hybridized carbons (Fsp3) is 0.238. The number of sulfonamides is 1. The van der Waals surface area contributed by atoms with Crippen LogP contribution in [-0.2, 0) is 16.6 Å². The van der Waals surface area contributed by atoms with Gasteiger partial charge in [0, 0.05) is 32.4 Å². The normalized spacial score (nSPS) is 11.7. The molecule has 0 radical (unpaired) electrons. The fourth-order valence-corrected chi connectivity index (χ4v) is 3.81. The van der Waals surface area contributed by atoms with E-state index in [4.69, 9.17) is 5.73 Å². The third kappa shape index (κ3) is 5.07. The molecule has 0 saturated carbocycles. The molecule has 0 unspecified atom stereocenters. The molecule has 1 amide bonds. The van der Waals surface area contributed by atoms with E-state index in [1.807, 2.05) is 25.1 Å². The molecule has 0 saturated heterocycles. The highest BCUT2D eigenvalue weighted by atomic mass is 32.2. The van der Waals surface area contributed by atoms with Crippen molar-refractivity contribution in [3.8, 4) is 11.3 Å². The molecule has 0 aliphatic heterocycles. The van der Waals surface area contributed by atoms with E-state index < -0.39 is 15.9 Å². The monoisotopic (exact) mass is 455 g/mol. The Morgan fingerprint density at radius 1 is 1.06 bits per heavy atom. The second-order valence-electron chi connectivity index (χ2n) is 7.53. The number of carbonyl (C=O) groups is 1. The first-order valence-electron chi connectivity index (χ1n) is 9.64. The number of hydrogen-bond donors (Lipinski definition) is 2. The number of pyridine rings is 1. The number of nitrogens with two attached hydrogens (primary N) is 1. The highest BCUT2D eigenvalue weighted by Crippen LogP contribution is 2.23. The molecule has 3 aromatic rings. The van der Waals surface area contributed by atoms with Crippen molar-refractivity contribution >= 4 is 27.4 Å². The van der Waals surface area contributed by atoms with Gasteiger partial charge in [0.05, 0.1) is 28.7 Å². The number of aromatic nitrogens is 3. The van der Waals surface area contributed by atoms with Gasteiger partial charge < -0.3 is 16.0 Å². The number of benzene rings is 1. The molecule has 0 spiro atoms. The van der Waals surface area contributed by atoms with Gasteiger partial charge in [-0.1, -0.05) is 12.1 Å². The van der Waals surface area contributed by atoms with Crippen LogP contribution in [0, 0.1) is 0 Å². The van der Waals surface area contributed by atoms with Crippen LogP contribution in [0.15, 0.2) is 53.8 Å². The van der Waals surface area contributed by atoms with E-state index in [-0.39, 0.29) is 16.4 Å². The fourth-order valence-electron chi connectivity index (χ4n) is 2.91. The first kappa shape index (κ1) is 23.3. The molecule has 0 atom stereocenters. The van der Waals surface area contributed by atoms with Crippen molar-refractivity contribution in [2.75, 3.05) is 39.2 Å². The van der Waals surface area contributed by atoms with Crippen LogP contribution in [0.25, 0.3) is 11.3 Å². The zero-order valence-corrected chi connectivity index (χ0v) is 19.1. The molecule has 10 nitrogen and oxygen atoms in total. The first-order valence-corrected chi connectivity index (χ1v) is 11.1. The Hall–Kier alpha value is -3.41. The summed E-state index contributed by atoms with van der Waals surface area (Å²) in [4.78, 5) is 27.6. The van der Waals surface area contributed by atoms with Gasteiger partial charge in [-0.25, -0.2) is 22.7 Å². The molecule has 1 aromatic carbocycles. The summed E-state index contributed by atoms with van der Waals surface area (Å²) in [5.41, 5.74) is 8.30. The van der Waals surface area contributed by atoms with Crippen LogP contribution in [0.1, 0.15) is 16.1 Å². The van der Waals surface area contributed by atoms with E-state index in [2.05, 4.69) is 20.3 Å². The molecule has 0 fully saturated rings. The lowest BCUT2D eigenvalue weighted by Crippen LogP contribution is -2.22. The molecular weight excluding hydrogens is 430 g/mol. The molecular formula is C21H25N7O3S. The average Bonchev–Trinajstić information content (AvgIpc) is 2.75. The third-order valence-corrected chi connectivity index (χ3v) is 6.42. The molecule has 168 valence electrons. The maximum Gasteiger partial charge on any atom is 0.278 e. The Labute approximate surface area is 187 Å². The van der Waals surface area contributed by atoms with Crippen molar-refractivity contribution in [1.29, 1.82) is 0 Å². The van der Waals surface area contributed by atoms with E-state index in [0.29, 0.717) is 23.5 Å². The molecule has 32 heavy (non-hydrogen) atoms. The number of amides is 1. The predicted molar refractivity (Wildman–Crippen MR) is 122 cm³/mol. The molecule has 2 aromatic heterocycles. The Morgan fingerprint density at radius 3 is 2.38 bits per heavy atom. The van der Waals surface area contributed by atoms with E-state index in [0.717, 1.165) is 9.87 Å². The molecule has 0 aliphatic carbocycles. The summed E-state index contributed by atoms with van der Waals surface area (Å²) in [5.74, 6) is -0.534. The highest BCUT2D eigenvalue weighted by Gasteiger charge is 2.19. The van der Waals surface area contributed by atoms with Crippen LogP contribution < -0.4 is 11.1 Å². The minimum atomic E-state index is -3.55. The Balaban J connectivity index is 1.89. The van der Waals surface area contributed by atoms with Gasteiger partial charge in [-0.05, 0) is 37.9 Å². The second-order valence-corrected chi connectivity index (χ2v) is 9.68. The number of nitrogen functional groups attached to an aromatic ring is 1. The summed E-state index contributed by atoms with van der Waals surface area (Å²) in [7, 11) is 3.23. The van der Waals surface area contributed by atoms with Crippen molar-refractivity contribution in [3.05, 3.63) is 60.2 Å². The smallest absolute Gasteiger partial charge is 0.278 e. The van der Waals surface area contributed by atoms with Crippen molar-refractivity contribution in [3.63, 3.8) is 0 Å². The third-order valence-electron chi connectivity index (χ3n) is 4.59.